The lowest BCUT2D eigenvalue weighted by atomic mass is 9.97. The van der Waals surface area contributed by atoms with Gasteiger partial charge in [0.1, 0.15) is 6.07 Å². The summed E-state index contributed by atoms with van der Waals surface area (Å²) in [4.78, 5) is 0. The summed E-state index contributed by atoms with van der Waals surface area (Å²) in [7, 11) is 1.82. The molecule has 0 aromatic heterocycles. The summed E-state index contributed by atoms with van der Waals surface area (Å²) in [6.07, 6.45) is 3.23. The monoisotopic (exact) mass is 159 g/mol. The Morgan fingerprint density at radius 1 is 1.33 bits per heavy atom. The Labute approximate surface area is 71.6 Å². The minimum Gasteiger partial charge on any atom is -0.391 e. The van der Waals surface area contributed by atoms with Gasteiger partial charge >= 0.3 is 0 Å². The second-order valence-electron chi connectivity index (χ2n) is 2.54. The minimum absolute atomic E-state index is 0.494. The number of nitriles is 2. The summed E-state index contributed by atoms with van der Waals surface area (Å²) < 4.78 is 0. The topological polar surface area (TPSA) is 59.6 Å². The van der Waals surface area contributed by atoms with Crippen LogP contribution in [0, 0.1) is 22.7 Å². The highest BCUT2D eigenvalue weighted by molar-refractivity contribution is 5.47. The minimum atomic E-state index is 0.494. The highest BCUT2D eigenvalue weighted by Gasteiger charge is 2.11. The largest absolute Gasteiger partial charge is 0.391 e. The average Bonchev–Trinajstić information content (AvgIpc) is 2.16. The van der Waals surface area contributed by atoms with Gasteiger partial charge in [-0.05, 0) is 18.9 Å². The Kier molecular flexibility index (Phi) is 2.50. The van der Waals surface area contributed by atoms with Crippen molar-refractivity contribution in [3.63, 3.8) is 0 Å². The molecule has 1 N–H and O–H groups in total. The van der Waals surface area contributed by atoms with Crippen molar-refractivity contribution in [3.8, 4) is 12.1 Å². The van der Waals surface area contributed by atoms with Crippen LogP contribution in [-0.4, -0.2) is 7.05 Å². The fourth-order valence-electron chi connectivity index (χ4n) is 1.14. The zero-order chi connectivity index (χ0) is 8.97. The predicted molar refractivity (Wildman–Crippen MR) is 44.6 cm³/mol. The van der Waals surface area contributed by atoms with Gasteiger partial charge in [0.25, 0.3) is 0 Å². The molecule has 1 rings (SSSR count). The highest BCUT2D eigenvalue weighted by Crippen LogP contribution is 2.21. The van der Waals surface area contributed by atoms with Crippen molar-refractivity contribution in [2.24, 2.45) is 0 Å². The summed E-state index contributed by atoms with van der Waals surface area (Å²) in [5.74, 6) is 0. The molecule has 0 saturated heterocycles. The molecule has 0 aromatic rings. The lowest BCUT2D eigenvalue weighted by Gasteiger charge is -2.11. The molecule has 60 valence electrons. The lowest BCUT2D eigenvalue weighted by Crippen LogP contribution is -2.09. The Morgan fingerprint density at radius 3 is 2.58 bits per heavy atom. The predicted octanol–water partition coefficient (Wildman–Crippen LogP) is 1.23. The van der Waals surface area contributed by atoms with Crippen molar-refractivity contribution in [2.75, 3.05) is 7.05 Å². The SMILES string of the molecule is CNC1=CC(C#N)=C(C#N)CC1. The molecule has 0 heterocycles. The number of rotatable bonds is 1. The highest BCUT2D eigenvalue weighted by atomic mass is 14.8. The van der Waals surface area contributed by atoms with Gasteiger partial charge in [0.05, 0.1) is 11.6 Å². The van der Waals surface area contributed by atoms with E-state index in [0.717, 1.165) is 12.1 Å². The molecule has 1 aliphatic rings. The third-order valence-corrected chi connectivity index (χ3v) is 1.86. The van der Waals surface area contributed by atoms with Crippen LogP contribution in [0.15, 0.2) is 22.9 Å². The smallest absolute Gasteiger partial charge is 0.100 e. The zero-order valence-corrected chi connectivity index (χ0v) is 6.89. The molecule has 0 bridgehead atoms. The van der Waals surface area contributed by atoms with Crippen LogP contribution in [0.25, 0.3) is 0 Å². The fraction of sp³-hybridized carbons (Fsp3) is 0.333. The molecular formula is C9H9N3. The lowest BCUT2D eigenvalue weighted by molar-refractivity contribution is 0.821. The van der Waals surface area contributed by atoms with Crippen LogP contribution in [0.5, 0.6) is 0 Å². The van der Waals surface area contributed by atoms with Gasteiger partial charge < -0.3 is 5.32 Å². The third kappa shape index (κ3) is 1.46. The molecule has 0 aliphatic heterocycles. The van der Waals surface area contributed by atoms with Crippen molar-refractivity contribution < 1.29 is 0 Å². The van der Waals surface area contributed by atoms with Gasteiger partial charge in [0.2, 0.25) is 0 Å². The second-order valence-corrected chi connectivity index (χ2v) is 2.54. The molecule has 0 radical (unpaired) electrons. The van der Waals surface area contributed by atoms with E-state index in [-0.39, 0.29) is 0 Å². The van der Waals surface area contributed by atoms with Gasteiger partial charge in [-0.15, -0.1) is 0 Å². The van der Waals surface area contributed by atoms with Gasteiger partial charge in [-0.1, -0.05) is 0 Å². The van der Waals surface area contributed by atoms with Crippen LogP contribution < -0.4 is 5.32 Å². The van der Waals surface area contributed by atoms with E-state index < -0.39 is 0 Å². The van der Waals surface area contributed by atoms with Crippen LogP contribution in [0.3, 0.4) is 0 Å². The first-order valence-corrected chi connectivity index (χ1v) is 3.73. The fourth-order valence-corrected chi connectivity index (χ4v) is 1.14. The van der Waals surface area contributed by atoms with Gasteiger partial charge in [0, 0.05) is 18.3 Å². The Balaban J connectivity index is 3.01. The van der Waals surface area contributed by atoms with Crippen LogP contribution in [0.4, 0.5) is 0 Å². The van der Waals surface area contributed by atoms with E-state index >= 15 is 0 Å². The number of allylic oxidation sites excluding steroid dienone is 4. The van der Waals surface area contributed by atoms with Crippen molar-refractivity contribution >= 4 is 0 Å². The van der Waals surface area contributed by atoms with Gasteiger partial charge in [-0.25, -0.2) is 0 Å². The maximum Gasteiger partial charge on any atom is 0.100 e. The molecule has 1 aliphatic carbocycles. The first-order valence-electron chi connectivity index (χ1n) is 3.73. The molecule has 3 heteroatoms. The zero-order valence-electron chi connectivity index (χ0n) is 6.89. The molecule has 0 unspecified atom stereocenters. The van der Waals surface area contributed by atoms with Crippen LogP contribution >= 0.6 is 0 Å². The summed E-state index contributed by atoms with van der Waals surface area (Å²) in [6, 6.07) is 4.04. The molecule has 3 nitrogen and oxygen atoms in total. The van der Waals surface area contributed by atoms with Crippen LogP contribution in [0.1, 0.15) is 12.8 Å². The number of nitrogens with one attached hydrogen (secondary N) is 1. The Hall–Kier alpha value is -1.74. The quantitative estimate of drug-likeness (QED) is 0.626. The van der Waals surface area contributed by atoms with E-state index in [0.29, 0.717) is 17.6 Å². The molecule has 0 atom stereocenters. The Morgan fingerprint density at radius 2 is 2.08 bits per heavy atom. The molecule has 12 heavy (non-hydrogen) atoms. The van der Waals surface area contributed by atoms with E-state index in [4.69, 9.17) is 10.5 Å². The molecule has 0 amide bonds. The molecule has 0 saturated carbocycles. The number of nitrogens with zero attached hydrogens (tertiary/aromatic N) is 2. The van der Waals surface area contributed by atoms with E-state index in [1.807, 2.05) is 19.2 Å². The van der Waals surface area contributed by atoms with Crippen molar-refractivity contribution in [2.45, 2.75) is 12.8 Å². The van der Waals surface area contributed by atoms with Gasteiger partial charge in [0.15, 0.2) is 0 Å². The Bertz CT molecular complexity index is 323. The van der Waals surface area contributed by atoms with Crippen LogP contribution in [-0.2, 0) is 0 Å². The first kappa shape index (κ1) is 8.36. The summed E-state index contributed by atoms with van der Waals surface area (Å²) in [5.41, 5.74) is 2.11. The normalized spacial score (nSPS) is 16.1. The maximum absolute atomic E-state index is 8.67. The van der Waals surface area contributed by atoms with Crippen molar-refractivity contribution in [3.05, 3.63) is 22.9 Å². The summed E-state index contributed by atoms with van der Waals surface area (Å²) in [6.45, 7) is 0. The standard InChI is InChI=1S/C9H9N3/c1-12-9-3-2-7(5-10)8(4-9)6-11/h4,12H,2-3H2,1H3. The van der Waals surface area contributed by atoms with E-state index in [2.05, 4.69) is 5.32 Å². The average molecular weight is 159 g/mol. The molecule has 0 aromatic carbocycles. The molecule has 0 fully saturated rings. The first-order chi connectivity index (χ1) is 5.81. The van der Waals surface area contributed by atoms with E-state index in [1.165, 1.54) is 0 Å². The summed E-state index contributed by atoms with van der Waals surface area (Å²) >= 11 is 0. The molecular weight excluding hydrogens is 150 g/mol. The number of hydrogen-bond acceptors (Lipinski definition) is 3. The van der Waals surface area contributed by atoms with Crippen molar-refractivity contribution in [1.82, 2.24) is 5.32 Å². The van der Waals surface area contributed by atoms with Crippen LogP contribution in [0.2, 0.25) is 0 Å². The van der Waals surface area contributed by atoms with Gasteiger partial charge in [-0.2, -0.15) is 10.5 Å². The van der Waals surface area contributed by atoms with E-state index in [9.17, 15) is 0 Å². The third-order valence-electron chi connectivity index (χ3n) is 1.86. The van der Waals surface area contributed by atoms with Gasteiger partial charge in [-0.3, -0.25) is 0 Å². The van der Waals surface area contributed by atoms with Crippen molar-refractivity contribution in [1.29, 1.82) is 10.5 Å². The number of hydrogen-bond donors (Lipinski definition) is 1. The second kappa shape index (κ2) is 3.59. The van der Waals surface area contributed by atoms with E-state index in [1.54, 1.807) is 6.08 Å². The molecule has 0 spiro atoms. The maximum atomic E-state index is 8.67. The summed E-state index contributed by atoms with van der Waals surface area (Å²) in [5, 5.41) is 20.3.